The Morgan fingerprint density at radius 2 is 1.89 bits per heavy atom. The van der Waals surface area contributed by atoms with Gasteiger partial charge in [0.05, 0.1) is 18.2 Å². The van der Waals surface area contributed by atoms with Gasteiger partial charge in [-0.2, -0.15) is 0 Å². The van der Waals surface area contributed by atoms with E-state index in [2.05, 4.69) is 10.2 Å². The number of benzene rings is 1. The number of halogens is 1. The molecule has 1 atom stereocenters. The number of hydrogen-bond acceptors (Lipinski definition) is 4. The van der Waals surface area contributed by atoms with E-state index in [4.69, 9.17) is 16.3 Å². The van der Waals surface area contributed by atoms with E-state index in [1.54, 1.807) is 24.1 Å². The number of urea groups is 1. The van der Waals surface area contributed by atoms with Crippen LogP contribution in [0, 0.1) is 0 Å². The second kappa shape index (κ2) is 8.80. The van der Waals surface area contributed by atoms with Gasteiger partial charge in [0, 0.05) is 32.7 Å². The number of nitrogens with one attached hydrogen (secondary N) is 1. The third-order valence-corrected chi connectivity index (χ3v) is 5.64. The molecule has 1 N–H and O–H groups in total. The fraction of sp³-hybridized carbons (Fsp3) is 0.579. The molecule has 2 aliphatic heterocycles. The molecule has 1 unspecified atom stereocenters. The quantitative estimate of drug-likeness (QED) is 0.845. The maximum atomic E-state index is 12.6. The minimum atomic E-state index is -0.118. The number of methoxy groups -OCH3 is 1. The highest BCUT2D eigenvalue weighted by molar-refractivity contribution is 6.32. The van der Waals surface area contributed by atoms with Gasteiger partial charge in [0.25, 0.3) is 0 Å². The van der Waals surface area contributed by atoms with E-state index in [1.807, 2.05) is 18.0 Å². The van der Waals surface area contributed by atoms with Crippen LogP contribution >= 0.6 is 11.6 Å². The van der Waals surface area contributed by atoms with Gasteiger partial charge in [0.15, 0.2) is 0 Å². The number of nitrogens with zero attached hydrogens (tertiary/aromatic N) is 3. The molecule has 0 aromatic heterocycles. The van der Waals surface area contributed by atoms with Crippen LogP contribution in [0.25, 0.3) is 0 Å². The third kappa shape index (κ3) is 4.65. The third-order valence-electron chi connectivity index (χ3n) is 5.34. The number of carbonyl (C=O) groups excluding carboxylic acids is 2. The van der Waals surface area contributed by atoms with Gasteiger partial charge in [0.1, 0.15) is 5.75 Å². The summed E-state index contributed by atoms with van der Waals surface area (Å²) in [4.78, 5) is 30.8. The highest BCUT2D eigenvalue weighted by Crippen LogP contribution is 2.24. The molecule has 3 rings (SSSR count). The molecule has 148 valence electrons. The summed E-state index contributed by atoms with van der Waals surface area (Å²) in [6.45, 7) is 3.66. The molecule has 7 nitrogen and oxygen atoms in total. The zero-order chi connectivity index (χ0) is 19.4. The Morgan fingerprint density at radius 1 is 1.19 bits per heavy atom. The smallest absolute Gasteiger partial charge is 0.317 e. The normalized spacial score (nSPS) is 20.6. The lowest BCUT2D eigenvalue weighted by molar-refractivity contribution is -0.137. The number of ether oxygens (including phenoxy) is 1. The Kier molecular flexibility index (Phi) is 6.44. The second-order valence-corrected chi connectivity index (χ2v) is 7.49. The lowest BCUT2D eigenvalue weighted by Crippen LogP contribution is -2.55. The summed E-state index contributed by atoms with van der Waals surface area (Å²) >= 11 is 6.11. The Balaban J connectivity index is 1.46. The van der Waals surface area contributed by atoms with E-state index < -0.39 is 0 Å². The zero-order valence-corrected chi connectivity index (χ0v) is 16.7. The van der Waals surface area contributed by atoms with E-state index in [-0.39, 0.29) is 18.0 Å². The predicted octanol–water partition coefficient (Wildman–Crippen LogP) is 1.80. The molecule has 0 aliphatic carbocycles. The lowest BCUT2D eigenvalue weighted by Gasteiger charge is -2.36. The maximum Gasteiger partial charge on any atom is 0.317 e. The average molecular weight is 395 g/mol. The first kappa shape index (κ1) is 19.8. The van der Waals surface area contributed by atoms with Gasteiger partial charge in [-0.05, 0) is 44.1 Å². The van der Waals surface area contributed by atoms with Crippen molar-refractivity contribution in [3.63, 3.8) is 0 Å². The predicted molar refractivity (Wildman–Crippen MR) is 104 cm³/mol. The van der Waals surface area contributed by atoms with Gasteiger partial charge in [-0.3, -0.25) is 9.69 Å². The molecule has 2 aliphatic rings. The molecule has 8 heteroatoms. The van der Waals surface area contributed by atoms with E-state index in [0.29, 0.717) is 43.5 Å². The van der Waals surface area contributed by atoms with Gasteiger partial charge in [0.2, 0.25) is 5.91 Å². The van der Waals surface area contributed by atoms with Crippen LogP contribution in [0.5, 0.6) is 5.75 Å². The first-order valence-corrected chi connectivity index (χ1v) is 9.71. The van der Waals surface area contributed by atoms with Crippen LogP contribution < -0.4 is 10.1 Å². The molecule has 27 heavy (non-hydrogen) atoms. The average Bonchev–Trinajstić information content (AvgIpc) is 3.11. The molecule has 0 saturated carbocycles. The molecular weight excluding hydrogens is 368 g/mol. The molecule has 0 spiro atoms. The van der Waals surface area contributed by atoms with Crippen molar-refractivity contribution in [2.75, 3.05) is 46.9 Å². The Bertz CT molecular complexity index is 692. The summed E-state index contributed by atoms with van der Waals surface area (Å²) in [7, 11) is 3.57. The molecular formula is C19H27ClN4O3. The molecule has 2 heterocycles. The highest BCUT2D eigenvalue weighted by atomic mass is 35.5. The molecule has 0 radical (unpaired) electrons. The van der Waals surface area contributed by atoms with Crippen molar-refractivity contribution in [3.05, 3.63) is 28.8 Å². The second-order valence-electron chi connectivity index (χ2n) is 7.08. The molecule has 1 aromatic carbocycles. The van der Waals surface area contributed by atoms with Crippen molar-refractivity contribution < 1.29 is 14.3 Å². The van der Waals surface area contributed by atoms with E-state index in [0.717, 1.165) is 24.9 Å². The van der Waals surface area contributed by atoms with Crippen molar-refractivity contribution in [2.45, 2.75) is 25.4 Å². The van der Waals surface area contributed by atoms with Gasteiger partial charge < -0.3 is 19.9 Å². The van der Waals surface area contributed by atoms with Gasteiger partial charge in [-0.15, -0.1) is 0 Å². The minimum Gasteiger partial charge on any atom is -0.495 e. The van der Waals surface area contributed by atoms with Crippen LogP contribution in [0.2, 0.25) is 5.02 Å². The monoisotopic (exact) mass is 394 g/mol. The maximum absolute atomic E-state index is 12.6. The summed E-state index contributed by atoms with van der Waals surface area (Å²) < 4.78 is 5.13. The van der Waals surface area contributed by atoms with E-state index in [1.165, 1.54) is 0 Å². The van der Waals surface area contributed by atoms with Crippen LogP contribution in [-0.2, 0) is 11.3 Å². The standard InChI is InChI=1S/C19H27ClN4O3/c1-22-7-3-4-16(22)18(25)23-8-10-24(11-9-23)19(26)21-13-14-5-6-17(27-2)15(20)12-14/h5-6,12,16H,3-4,7-11,13H2,1-2H3,(H,21,26). The molecule has 1 aromatic rings. The number of likely N-dealkylation sites (N-methyl/N-ethyl adjacent to an activating group) is 1. The van der Waals surface area contributed by atoms with Crippen LogP contribution in [0.1, 0.15) is 18.4 Å². The lowest BCUT2D eigenvalue weighted by atomic mass is 10.1. The van der Waals surface area contributed by atoms with Gasteiger partial charge in [-0.1, -0.05) is 17.7 Å². The van der Waals surface area contributed by atoms with E-state index in [9.17, 15) is 9.59 Å². The van der Waals surface area contributed by atoms with Crippen LogP contribution in [-0.4, -0.2) is 79.6 Å². The first-order chi connectivity index (χ1) is 13.0. The largest absolute Gasteiger partial charge is 0.495 e. The minimum absolute atomic E-state index is 0.00481. The zero-order valence-electron chi connectivity index (χ0n) is 15.9. The van der Waals surface area contributed by atoms with Crippen molar-refractivity contribution >= 4 is 23.5 Å². The van der Waals surface area contributed by atoms with Crippen LogP contribution in [0.4, 0.5) is 4.79 Å². The Labute approximate surface area is 165 Å². The van der Waals surface area contributed by atoms with E-state index >= 15 is 0 Å². The summed E-state index contributed by atoms with van der Waals surface area (Å²) in [5.74, 6) is 0.809. The summed E-state index contributed by atoms with van der Waals surface area (Å²) in [5, 5.41) is 3.44. The Morgan fingerprint density at radius 3 is 2.48 bits per heavy atom. The number of hydrogen-bond donors (Lipinski definition) is 1. The van der Waals surface area contributed by atoms with Crippen LogP contribution in [0.3, 0.4) is 0 Å². The van der Waals surface area contributed by atoms with Gasteiger partial charge >= 0.3 is 6.03 Å². The van der Waals surface area contributed by atoms with Gasteiger partial charge in [-0.25, -0.2) is 4.79 Å². The molecule has 2 saturated heterocycles. The molecule has 2 fully saturated rings. The highest BCUT2D eigenvalue weighted by Gasteiger charge is 2.33. The topological polar surface area (TPSA) is 65.1 Å². The van der Waals surface area contributed by atoms with Crippen molar-refractivity contribution in [1.82, 2.24) is 20.0 Å². The van der Waals surface area contributed by atoms with Crippen molar-refractivity contribution in [1.29, 1.82) is 0 Å². The number of rotatable bonds is 4. The van der Waals surface area contributed by atoms with Crippen molar-refractivity contribution in [2.24, 2.45) is 0 Å². The number of likely N-dealkylation sites (tertiary alicyclic amines) is 1. The molecule has 0 bridgehead atoms. The Hall–Kier alpha value is -1.99. The number of carbonyl (C=O) groups is 2. The first-order valence-electron chi connectivity index (χ1n) is 9.34. The fourth-order valence-electron chi connectivity index (χ4n) is 3.67. The number of piperazine rings is 1. The summed E-state index contributed by atoms with van der Waals surface area (Å²) in [6.07, 6.45) is 2.01. The molecule has 3 amide bonds. The van der Waals surface area contributed by atoms with Crippen molar-refractivity contribution in [3.8, 4) is 5.75 Å². The fourth-order valence-corrected chi connectivity index (χ4v) is 3.95. The summed E-state index contributed by atoms with van der Waals surface area (Å²) in [6, 6.07) is 5.33. The number of amides is 3. The van der Waals surface area contributed by atoms with Crippen LogP contribution in [0.15, 0.2) is 18.2 Å². The summed E-state index contributed by atoms with van der Waals surface area (Å²) in [5.41, 5.74) is 0.909. The SMILES string of the molecule is COc1ccc(CNC(=O)N2CCN(C(=O)C3CCCN3C)CC2)cc1Cl.